The maximum absolute atomic E-state index is 11.8. The van der Waals surface area contributed by atoms with Gasteiger partial charge in [0, 0.05) is 18.0 Å². The number of amides is 1. The summed E-state index contributed by atoms with van der Waals surface area (Å²) in [7, 11) is 0. The fourth-order valence-electron chi connectivity index (χ4n) is 1.79. The van der Waals surface area contributed by atoms with E-state index in [2.05, 4.69) is 10.3 Å². The molecule has 0 aliphatic rings. The van der Waals surface area contributed by atoms with E-state index in [4.69, 9.17) is 16.7 Å². The van der Waals surface area contributed by atoms with Crippen molar-refractivity contribution in [3.8, 4) is 0 Å². The molecule has 0 saturated carbocycles. The molecule has 0 radical (unpaired) electrons. The number of pyridine rings is 1. The molecule has 0 aliphatic heterocycles. The Bertz CT molecular complexity index is 599. The highest BCUT2D eigenvalue weighted by molar-refractivity contribution is 6.35. The molecule has 1 aromatic carbocycles. The Morgan fingerprint density at radius 3 is 3.00 bits per heavy atom. The Balaban J connectivity index is 2.21. The lowest BCUT2D eigenvalue weighted by Gasteiger charge is -2.09. The number of halogens is 1. The summed E-state index contributed by atoms with van der Waals surface area (Å²) in [5.74, 6) is -0.143. The number of fused-ring (bicyclic) bond motifs is 1. The van der Waals surface area contributed by atoms with Crippen molar-refractivity contribution in [2.45, 2.75) is 25.9 Å². The number of aromatic nitrogens is 1. The van der Waals surface area contributed by atoms with Gasteiger partial charge < -0.3 is 10.4 Å². The first-order chi connectivity index (χ1) is 9.08. The van der Waals surface area contributed by atoms with Gasteiger partial charge in [0.05, 0.1) is 22.3 Å². The van der Waals surface area contributed by atoms with Crippen LogP contribution >= 0.6 is 11.6 Å². The van der Waals surface area contributed by atoms with E-state index in [1.165, 1.54) is 0 Å². The lowest BCUT2D eigenvalue weighted by molar-refractivity contribution is -0.116. The molecule has 0 fully saturated rings. The van der Waals surface area contributed by atoms with Crippen LogP contribution in [0.2, 0.25) is 5.02 Å². The SMILES string of the molecule is CC(O)CCC(=O)Nc1ccc(Cl)c2cccnc12. The molecule has 0 bridgehead atoms. The van der Waals surface area contributed by atoms with Gasteiger partial charge in [0.15, 0.2) is 0 Å². The fraction of sp³-hybridized carbons (Fsp3) is 0.286. The van der Waals surface area contributed by atoms with Crippen molar-refractivity contribution in [2.24, 2.45) is 0 Å². The largest absolute Gasteiger partial charge is 0.393 e. The number of aliphatic hydroxyl groups is 1. The second-order valence-electron chi connectivity index (χ2n) is 4.43. The Morgan fingerprint density at radius 1 is 1.47 bits per heavy atom. The highest BCUT2D eigenvalue weighted by Gasteiger charge is 2.09. The monoisotopic (exact) mass is 278 g/mol. The van der Waals surface area contributed by atoms with Gasteiger partial charge in [-0.3, -0.25) is 9.78 Å². The highest BCUT2D eigenvalue weighted by atomic mass is 35.5. The summed E-state index contributed by atoms with van der Waals surface area (Å²) in [6.07, 6.45) is 1.88. The van der Waals surface area contributed by atoms with Crippen molar-refractivity contribution in [3.63, 3.8) is 0 Å². The third kappa shape index (κ3) is 3.43. The number of nitrogens with one attached hydrogen (secondary N) is 1. The van der Waals surface area contributed by atoms with Crippen LogP contribution in [-0.2, 0) is 4.79 Å². The van der Waals surface area contributed by atoms with Crippen LogP contribution < -0.4 is 5.32 Å². The van der Waals surface area contributed by atoms with E-state index in [0.717, 1.165) is 5.39 Å². The average molecular weight is 279 g/mol. The Hall–Kier alpha value is -1.65. The maximum atomic E-state index is 11.8. The molecule has 0 saturated heterocycles. The van der Waals surface area contributed by atoms with Gasteiger partial charge in [-0.15, -0.1) is 0 Å². The minimum absolute atomic E-state index is 0.143. The van der Waals surface area contributed by atoms with Crippen molar-refractivity contribution in [1.29, 1.82) is 0 Å². The number of carbonyl (C=O) groups is 1. The molecule has 1 unspecified atom stereocenters. The first kappa shape index (κ1) is 13.8. The molecular formula is C14H15ClN2O2. The van der Waals surface area contributed by atoms with Gasteiger partial charge >= 0.3 is 0 Å². The Labute approximate surface area is 116 Å². The van der Waals surface area contributed by atoms with Gasteiger partial charge in [0.1, 0.15) is 0 Å². The summed E-state index contributed by atoms with van der Waals surface area (Å²) in [6.45, 7) is 1.66. The minimum Gasteiger partial charge on any atom is -0.393 e. The molecule has 1 aromatic heterocycles. The van der Waals surface area contributed by atoms with Crippen LogP contribution in [0.4, 0.5) is 5.69 Å². The van der Waals surface area contributed by atoms with Gasteiger partial charge in [-0.05, 0) is 37.6 Å². The van der Waals surface area contributed by atoms with Gasteiger partial charge in [0.2, 0.25) is 5.91 Å². The lowest BCUT2D eigenvalue weighted by atomic mass is 10.1. The zero-order valence-corrected chi connectivity index (χ0v) is 11.3. The van der Waals surface area contributed by atoms with Crippen molar-refractivity contribution in [1.82, 2.24) is 4.98 Å². The summed E-state index contributed by atoms with van der Waals surface area (Å²) in [6, 6.07) is 7.12. The quantitative estimate of drug-likeness (QED) is 0.904. The summed E-state index contributed by atoms with van der Waals surface area (Å²) < 4.78 is 0. The second-order valence-corrected chi connectivity index (χ2v) is 4.84. The molecular weight excluding hydrogens is 264 g/mol. The molecule has 0 spiro atoms. The average Bonchev–Trinajstić information content (AvgIpc) is 2.40. The molecule has 1 amide bonds. The molecule has 5 heteroatoms. The topological polar surface area (TPSA) is 62.2 Å². The number of hydrogen-bond donors (Lipinski definition) is 2. The minimum atomic E-state index is -0.481. The van der Waals surface area contributed by atoms with E-state index in [-0.39, 0.29) is 12.3 Å². The van der Waals surface area contributed by atoms with E-state index in [1.807, 2.05) is 6.07 Å². The van der Waals surface area contributed by atoms with Crippen LogP contribution in [0.15, 0.2) is 30.5 Å². The van der Waals surface area contributed by atoms with Crippen LogP contribution in [0.25, 0.3) is 10.9 Å². The third-order valence-corrected chi connectivity index (χ3v) is 3.11. The molecule has 1 atom stereocenters. The normalized spacial score (nSPS) is 12.4. The van der Waals surface area contributed by atoms with E-state index >= 15 is 0 Å². The van der Waals surface area contributed by atoms with Crippen LogP contribution in [0.3, 0.4) is 0 Å². The van der Waals surface area contributed by atoms with E-state index < -0.39 is 6.10 Å². The van der Waals surface area contributed by atoms with E-state index in [1.54, 1.807) is 31.3 Å². The maximum Gasteiger partial charge on any atom is 0.224 e. The summed E-state index contributed by atoms with van der Waals surface area (Å²) in [4.78, 5) is 16.0. The Morgan fingerprint density at radius 2 is 2.26 bits per heavy atom. The molecule has 4 nitrogen and oxygen atoms in total. The molecule has 2 N–H and O–H groups in total. The molecule has 19 heavy (non-hydrogen) atoms. The first-order valence-electron chi connectivity index (χ1n) is 6.09. The predicted molar refractivity (Wildman–Crippen MR) is 76.3 cm³/mol. The van der Waals surface area contributed by atoms with Crippen LogP contribution in [0.5, 0.6) is 0 Å². The number of hydrogen-bond acceptors (Lipinski definition) is 3. The van der Waals surface area contributed by atoms with E-state index in [9.17, 15) is 4.79 Å². The number of nitrogens with zero attached hydrogens (tertiary/aromatic N) is 1. The van der Waals surface area contributed by atoms with Crippen molar-refractivity contribution >= 4 is 34.1 Å². The van der Waals surface area contributed by atoms with Gasteiger partial charge in [-0.2, -0.15) is 0 Å². The zero-order valence-electron chi connectivity index (χ0n) is 10.6. The molecule has 2 aromatic rings. The Kier molecular flexibility index (Phi) is 4.35. The summed E-state index contributed by atoms with van der Waals surface area (Å²) in [5, 5.41) is 13.4. The smallest absolute Gasteiger partial charge is 0.224 e. The van der Waals surface area contributed by atoms with Crippen LogP contribution in [0.1, 0.15) is 19.8 Å². The predicted octanol–water partition coefficient (Wildman–Crippen LogP) is 2.99. The van der Waals surface area contributed by atoms with Gasteiger partial charge in [0.25, 0.3) is 0 Å². The van der Waals surface area contributed by atoms with Crippen molar-refractivity contribution in [2.75, 3.05) is 5.32 Å². The second kappa shape index (κ2) is 5.99. The molecule has 1 heterocycles. The standard InChI is InChI=1S/C14H15ClN2O2/c1-9(18)4-7-13(19)17-12-6-5-11(15)10-3-2-8-16-14(10)12/h2-3,5-6,8-9,18H,4,7H2,1H3,(H,17,19). The van der Waals surface area contributed by atoms with E-state index in [0.29, 0.717) is 22.6 Å². The van der Waals surface area contributed by atoms with Crippen molar-refractivity contribution in [3.05, 3.63) is 35.5 Å². The number of rotatable bonds is 4. The first-order valence-corrected chi connectivity index (χ1v) is 6.47. The number of anilines is 1. The van der Waals surface area contributed by atoms with Crippen LogP contribution in [-0.4, -0.2) is 22.1 Å². The van der Waals surface area contributed by atoms with Gasteiger partial charge in [-0.25, -0.2) is 0 Å². The fourth-order valence-corrected chi connectivity index (χ4v) is 2.01. The molecule has 0 aliphatic carbocycles. The molecule has 100 valence electrons. The summed E-state index contributed by atoms with van der Waals surface area (Å²) >= 11 is 6.08. The number of carbonyl (C=O) groups excluding carboxylic acids is 1. The van der Waals surface area contributed by atoms with Crippen molar-refractivity contribution < 1.29 is 9.90 Å². The highest BCUT2D eigenvalue weighted by Crippen LogP contribution is 2.28. The lowest BCUT2D eigenvalue weighted by Crippen LogP contribution is -2.14. The van der Waals surface area contributed by atoms with Gasteiger partial charge in [-0.1, -0.05) is 11.6 Å². The number of aliphatic hydroxyl groups excluding tert-OH is 1. The zero-order chi connectivity index (χ0) is 13.8. The molecule has 2 rings (SSSR count). The summed E-state index contributed by atoms with van der Waals surface area (Å²) in [5.41, 5.74) is 1.30. The number of benzene rings is 1. The van der Waals surface area contributed by atoms with Crippen LogP contribution in [0, 0.1) is 0 Å². The third-order valence-electron chi connectivity index (χ3n) is 2.78.